The van der Waals surface area contributed by atoms with Crippen LogP contribution in [0.15, 0.2) is 48.7 Å². The third kappa shape index (κ3) is 7.73. The maximum Gasteiger partial charge on any atom is 0.239 e. The van der Waals surface area contributed by atoms with Crippen molar-refractivity contribution < 1.29 is 23.5 Å². The number of hydrogen-bond acceptors (Lipinski definition) is 5. The van der Waals surface area contributed by atoms with Crippen LogP contribution in [0.2, 0.25) is 0 Å². The van der Waals surface area contributed by atoms with Crippen LogP contribution in [-0.4, -0.2) is 53.4 Å². The molecule has 0 bridgehead atoms. The molecule has 2 aromatic rings. The molecule has 1 aromatic carbocycles. The van der Waals surface area contributed by atoms with Crippen LogP contribution in [0.4, 0.5) is 10.2 Å². The first-order valence-electron chi connectivity index (χ1n) is 10.6. The Morgan fingerprint density at radius 3 is 2.59 bits per heavy atom. The molecule has 1 saturated heterocycles. The van der Waals surface area contributed by atoms with Gasteiger partial charge in [-0.15, -0.1) is 0 Å². The topological polar surface area (TPSA) is 101 Å². The van der Waals surface area contributed by atoms with E-state index < -0.39 is 0 Å². The highest BCUT2D eigenvalue weighted by molar-refractivity contribution is 5.93. The summed E-state index contributed by atoms with van der Waals surface area (Å²) in [5.74, 6) is -0.984. The summed E-state index contributed by atoms with van der Waals surface area (Å²) in [6.07, 6.45) is 3.29. The van der Waals surface area contributed by atoms with E-state index in [1.54, 1.807) is 36.5 Å². The van der Waals surface area contributed by atoms with Gasteiger partial charge >= 0.3 is 0 Å². The molecular weight excluding hydrogens is 415 g/mol. The zero-order chi connectivity index (χ0) is 22.8. The Kier molecular flexibility index (Phi) is 8.68. The quantitative estimate of drug-likeness (QED) is 0.588. The number of nitrogens with zero attached hydrogens (tertiary/aromatic N) is 2. The third-order valence-corrected chi connectivity index (χ3v) is 5.02. The highest BCUT2D eigenvalue weighted by Gasteiger charge is 2.21. The number of carbonyl (C=O) groups excluding carboxylic acids is 3. The average Bonchev–Trinajstić information content (AvgIpc) is 3.31. The Morgan fingerprint density at radius 2 is 1.91 bits per heavy atom. The van der Waals surface area contributed by atoms with Gasteiger partial charge < -0.3 is 20.3 Å². The molecule has 8 nitrogen and oxygen atoms in total. The fraction of sp³-hybridized carbons (Fsp3) is 0.391. The molecule has 1 aliphatic rings. The Labute approximate surface area is 186 Å². The lowest BCUT2D eigenvalue weighted by Gasteiger charge is -2.23. The molecule has 0 saturated carbocycles. The van der Waals surface area contributed by atoms with Gasteiger partial charge in [0.2, 0.25) is 17.7 Å². The third-order valence-electron chi connectivity index (χ3n) is 5.02. The summed E-state index contributed by atoms with van der Waals surface area (Å²) in [6.45, 7) is 1.05. The van der Waals surface area contributed by atoms with Gasteiger partial charge in [0.05, 0.1) is 12.6 Å². The number of ether oxygens (including phenoxy) is 1. The van der Waals surface area contributed by atoms with Gasteiger partial charge in [0, 0.05) is 38.7 Å². The first-order chi connectivity index (χ1) is 15.5. The van der Waals surface area contributed by atoms with Crippen molar-refractivity contribution in [3.8, 4) is 0 Å². The van der Waals surface area contributed by atoms with Crippen LogP contribution in [0.3, 0.4) is 0 Å². The molecule has 0 spiro atoms. The molecule has 3 amide bonds. The van der Waals surface area contributed by atoms with Crippen LogP contribution >= 0.6 is 0 Å². The first kappa shape index (κ1) is 23.3. The molecule has 32 heavy (non-hydrogen) atoms. The van der Waals surface area contributed by atoms with Crippen molar-refractivity contribution in [2.75, 3.05) is 25.0 Å². The maximum atomic E-state index is 13.2. The monoisotopic (exact) mass is 442 g/mol. The second-order valence-corrected chi connectivity index (χ2v) is 7.58. The minimum Gasteiger partial charge on any atom is -0.376 e. The van der Waals surface area contributed by atoms with Crippen molar-refractivity contribution in [2.45, 2.75) is 38.3 Å². The van der Waals surface area contributed by atoms with E-state index in [-0.39, 0.29) is 55.6 Å². The van der Waals surface area contributed by atoms with E-state index in [9.17, 15) is 18.8 Å². The van der Waals surface area contributed by atoms with E-state index in [0.717, 1.165) is 12.8 Å². The van der Waals surface area contributed by atoms with Gasteiger partial charge in [-0.25, -0.2) is 9.37 Å². The Hall–Kier alpha value is -3.33. The van der Waals surface area contributed by atoms with E-state index >= 15 is 0 Å². The van der Waals surface area contributed by atoms with Gasteiger partial charge in [-0.05, 0) is 42.7 Å². The van der Waals surface area contributed by atoms with Crippen molar-refractivity contribution in [1.29, 1.82) is 0 Å². The Morgan fingerprint density at radius 1 is 1.09 bits per heavy atom. The fourth-order valence-electron chi connectivity index (χ4n) is 3.33. The van der Waals surface area contributed by atoms with Gasteiger partial charge in [0.1, 0.15) is 11.6 Å². The molecule has 1 unspecified atom stereocenters. The van der Waals surface area contributed by atoms with Crippen LogP contribution in [-0.2, 0) is 25.7 Å². The van der Waals surface area contributed by atoms with Gasteiger partial charge in [-0.2, -0.15) is 0 Å². The van der Waals surface area contributed by atoms with Gasteiger partial charge in [-0.3, -0.25) is 14.4 Å². The molecule has 1 aliphatic heterocycles. The summed E-state index contributed by atoms with van der Waals surface area (Å²) in [5.41, 5.74) is 0.685. The number of nitrogens with one attached hydrogen (secondary N) is 2. The van der Waals surface area contributed by atoms with Crippen molar-refractivity contribution in [3.05, 3.63) is 60.0 Å². The zero-order valence-corrected chi connectivity index (χ0v) is 17.8. The zero-order valence-electron chi connectivity index (χ0n) is 17.8. The summed E-state index contributed by atoms with van der Waals surface area (Å²) in [7, 11) is 0. The number of hydrogen-bond donors (Lipinski definition) is 2. The molecule has 3 rings (SSSR count). The minimum absolute atomic E-state index is 0.00417. The van der Waals surface area contributed by atoms with E-state index in [2.05, 4.69) is 15.6 Å². The normalized spacial score (nSPS) is 15.2. The molecule has 2 N–H and O–H groups in total. The summed E-state index contributed by atoms with van der Waals surface area (Å²) in [5, 5.41) is 5.43. The number of rotatable bonds is 10. The fourth-order valence-corrected chi connectivity index (χ4v) is 3.33. The number of halogens is 1. The number of carbonyl (C=O) groups is 3. The number of amides is 3. The van der Waals surface area contributed by atoms with Crippen LogP contribution in [0.1, 0.15) is 31.2 Å². The largest absolute Gasteiger partial charge is 0.376 e. The standard InChI is InChI=1S/C23H27FN4O4/c24-18-8-6-17(7-9-18)15-28(16-22(30)26-14-19-4-3-13-32-19)23(31)11-10-21(29)27-20-5-1-2-12-25-20/h1-2,5-9,12,19H,3-4,10-11,13-16H2,(H,26,30)(H,25,27,29). The molecule has 9 heteroatoms. The molecule has 1 aromatic heterocycles. The van der Waals surface area contributed by atoms with Crippen LogP contribution in [0, 0.1) is 5.82 Å². The highest BCUT2D eigenvalue weighted by atomic mass is 19.1. The van der Waals surface area contributed by atoms with Crippen LogP contribution < -0.4 is 10.6 Å². The predicted molar refractivity (Wildman–Crippen MR) is 116 cm³/mol. The summed E-state index contributed by atoms with van der Waals surface area (Å²) < 4.78 is 18.7. The number of aromatic nitrogens is 1. The molecule has 0 radical (unpaired) electrons. The molecule has 170 valence electrons. The number of pyridine rings is 1. The van der Waals surface area contributed by atoms with Gasteiger partial charge in [0.15, 0.2) is 0 Å². The molecule has 0 aliphatic carbocycles. The maximum absolute atomic E-state index is 13.2. The summed E-state index contributed by atoms with van der Waals surface area (Å²) in [6, 6.07) is 10.9. The lowest BCUT2D eigenvalue weighted by molar-refractivity contribution is -0.137. The van der Waals surface area contributed by atoms with E-state index in [1.807, 2.05) is 0 Å². The van der Waals surface area contributed by atoms with Gasteiger partial charge in [0.25, 0.3) is 0 Å². The number of benzene rings is 1. The first-order valence-corrected chi connectivity index (χ1v) is 10.6. The second-order valence-electron chi connectivity index (χ2n) is 7.58. The highest BCUT2D eigenvalue weighted by Crippen LogP contribution is 2.12. The summed E-state index contributed by atoms with van der Waals surface area (Å²) >= 11 is 0. The Bertz CT molecular complexity index is 902. The van der Waals surface area contributed by atoms with Crippen LogP contribution in [0.5, 0.6) is 0 Å². The smallest absolute Gasteiger partial charge is 0.239 e. The SMILES string of the molecule is O=C(CN(Cc1ccc(F)cc1)C(=O)CCC(=O)Nc1ccccn1)NCC1CCCO1. The van der Waals surface area contributed by atoms with Crippen molar-refractivity contribution in [2.24, 2.45) is 0 Å². The molecule has 2 heterocycles. The average molecular weight is 442 g/mol. The lowest BCUT2D eigenvalue weighted by Crippen LogP contribution is -2.42. The van der Waals surface area contributed by atoms with Crippen molar-refractivity contribution in [1.82, 2.24) is 15.2 Å². The Balaban J connectivity index is 1.55. The molecular formula is C23H27FN4O4. The van der Waals surface area contributed by atoms with E-state index in [4.69, 9.17) is 4.74 Å². The van der Waals surface area contributed by atoms with E-state index in [0.29, 0.717) is 24.5 Å². The van der Waals surface area contributed by atoms with Gasteiger partial charge in [-0.1, -0.05) is 18.2 Å². The van der Waals surface area contributed by atoms with Crippen LogP contribution in [0.25, 0.3) is 0 Å². The lowest BCUT2D eigenvalue weighted by atomic mass is 10.2. The minimum atomic E-state index is -0.382. The van der Waals surface area contributed by atoms with E-state index in [1.165, 1.54) is 17.0 Å². The molecule has 1 fully saturated rings. The second kappa shape index (κ2) is 11.9. The predicted octanol–water partition coefficient (Wildman–Crippen LogP) is 2.26. The summed E-state index contributed by atoms with van der Waals surface area (Å²) in [4.78, 5) is 42.8. The van der Waals surface area contributed by atoms with Crippen molar-refractivity contribution >= 4 is 23.5 Å². The molecule has 1 atom stereocenters. The van der Waals surface area contributed by atoms with Crippen molar-refractivity contribution in [3.63, 3.8) is 0 Å². The number of anilines is 1.